The van der Waals surface area contributed by atoms with Gasteiger partial charge in [0.15, 0.2) is 0 Å². The van der Waals surface area contributed by atoms with E-state index >= 15 is 0 Å². The molecule has 0 bridgehead atoms. The molecule has 0 aliphatic carbocycles. The topological polar surface area (TPSA) is 72.2 Å². The average molecular weight is 298 g/mol. The van der Waals surface area contributed by atoms with E-state index < -0.39 is 10.0 Å². The van der Waals surface area contributed by atoms with Crippen LogP contribution in [-0.2, 0) is 10.0 Å². The zero-order chi connectivity index (χ0) is 15.3. The highest BCUT2D eigenvalue weighted by Crippen LogP contribution is 2.22. The fourth-order valence-electron chi connectivity index (χ4n) is 2.54. The summed E-state index contributed by atoms with van der Waals surface area (Å²) in [7, 11) is -3.51. The molecule has 1 rings (SSSR count). The Balaban J connectivity index is 3.05. The third kappa shape index (κ3) is 4.30. The molecule has 0 aliphatic rings. The molecule has 0 amide bonds. The summed E-state index contributed by atoms with van der Waals surface area (Å²) in [6, 6.07) is 3.59. The summed E-state index contributed by atoms with van der Waals surface area (Å²) in [5.41, 5.74) is 8.30. The lowest BCUT2D eigenvalue weighted by atomic mass is 10.1. The van der Waals surface area contributed by atoms with Crippen molar-refractivity contribution < 1.29 is 8.42 Å². The first kappa shape index (κ1) is 17.1. The van der Waals surface area contributed by atoms with Gasteiger partial charge in [-0.1, -0.05) is 37.5 Å². The Bertz CT molecular complexity index is 530. The fraction of sp³-hybridized carbons (Fsp3) is 0.600. The van der Waals surface area contributed by atoms with Crippen LogP contribution in [0.1, 0.15) is 42.9 Å². The molecule has 0 saturated carbocycles. The largest absolute Gasteiger partial charge is 0.329 e. The van der Waals surface area contributed by atoms with E-state index in [1.54, 1.807) is 0 Å². The average Bonchev–Trinajstić information content (AvgIpc) is 2.32. The lowest BCUT2D eigenvalue weighted by Gasteiger charge is -2.19. The summed E-state index contributed by atoms with van der Waals surface area (Å²) in [6.45, 7) is 8.03. The van der Waals surface area contributed by atoms with Crippen LogP contribution in [0.25, 0.3) is 0 Å². The zero-order valence-electron chi connectivity index (χ0n) is 12.9. The normalized spacial score (nSPS) is 13.4. The van der Waals surface area contributed by atoms with Gasteiger partial charge in [0, 0.05) is 12.6 Å². The molecule has 0 radical (unpaired) electrons. The van der Waals surface area contributed by atoms with Crippen molar-refractivity contribution in [3.63, 3.8) is 0 Å². The maximum atomic E-state index is 12.6. The van der Waals surface area contributed by atoms with Gasteiger partial charge in [-0.15, -0.1) is 0 Å². The van der Waals surface area contributed by atoms with Crippen molar-refractivity contribution in [1.82, 2.24) is 4.72 Å². The minimum atomic E-state index is -3.51. The highest BCUT2D eigenvalue weighted by atomic mass is 32.2. The van der Waals surface area contributed by atoms with Crippen LogP contribution in [0.15, 0.2) is 17.0 Å². The molecule has 1 atom stereocenters. The predicted octanol–water partition coefficient (Wildman–Crippen LogP) is 2.41. The van der Waals surface area contributed by atoms with Crippen LogP contribution in [0.4, 0.5) is 0 Å². The van der Waals surface area contributed by atoms with E-state index in [0.717, 1.165) is 36.0 Å². The molecule has 5 heteroatoms. The second-order valence-corrected chi connectivity index (χ2v) is 7.07. The number of rotatable bonds is 7. The van der Waals surface area contributed by atoms with Crippen LogP contribution in [-0.4, -0.2) is 21.0 Å². The number of aryl methyl sites for hydroxylation is 3. The Kier molecular flexibility index (Phi) is 6.17. The summed E-state index contributed by atoms with van der Waals surface area (Å²) in [6.07, 6.45) is 2.77. The number of sulfonamides is 1. The molecule has 3 N–H and O–H groups in total. The van der Waals surface area contributed by atoms with Gasteiger partial charge in [-0.2, -0.15) is 0 Å². The van der Waals surface area contributed by atoms with Gasteiger partial charge in [0.05, 0.1) is 4.90 Å². The first-order valence-electron chi connectivity index (χ1n) is 7.12. The van der Waals surface area contributed by atoms with Crippen molar-refractivity contribution in [3.8, 4) is 0 Å². The van der Waals surface area contributed by atoms with E-state index in [-0.39, 0.29) is 6.04 Å². The van der Waals surface area contributed by atoms with E-state index in [9.17, 15) is 8.42 Å². The van der Waals surface area contributed by atoms with Crippen molar-refractivity contribution >= 4 is 10.0 Å². The number of unbranched alkanes of at least 4 members (excludes halogenated alkanes) is 1. The number of hydrogen-bond donors (Lipinski definition) is 2. The number of nitrogens with two attached hydrogens (primary N) is 1. The highest BCUT2D eigenvalue weighted by molar-refractivity contribution is 7.89. The lowest BCUT2D eigenvalue weighted by molar-refractivity contribution is 0.515. The summed E-state index contributed by atoms with van der Waals surface area (Å²) in [4.78, 5) is 0.387. The molecular weight excluding hydrogens is 272 g/mol. The maximum Gasteiger partial charge on any atom is 0.241 e. The zero-order valence-corrected chi connectivity index (χ0v) is 13.7. The first-order valence-corrected chi connectivity index (χ1v) is 8.60. The Morgan fingerprint density at radius 1 is 1.20 bits per heavy atom. The van der Waals surface area contributed by atoms with Crippen molar-refractivity contribution in [2.75, 3.05) is 6.54 Å². The summed E-state index contributed by atoms with van der Waals surface area (Å²) in [5.74, 6) is 0. The summed E-state index contributed by atoms with van der Waals surface area (Å²) < 4.78 is 27.8. The molecule has 1 unspecified atom stereocenters. The third-order valence-corrected chi connectivity index (χ3v) is 5.21. The molecule has 0 aromatic heterocycles. The lowest BCUT2D eigenvalue weighted by Crippen LogP contribution is -2.40. The van der Waals surface area contributed by atoms with Gasteiger partial charge in [0.2, 0.25) is 10.0 Å². The van der Waals surface area contributed by atoms with Crippen LogP contribution in [0.5, 0.6) is 0 Å². The van der Waals surface area contributed by atoms with Crippen LogP contribution in [0.2, 0.25) is 0 Å². The third-order valence-electron chi connectivity index (χ3n) is 3.39. The molecule has 20 heavy (non-hydrogen) atoms. The van der Waals surface area contributed by atoms with Crippen molar-refractivity contribution in [1.29, 1.82) is 0 Å². The van der Waals surface area contributed by atoms with Gasteiger partial charge in [0.25, 0.3) is 0 Å². The van der Waals surface area contributed by atoms with E-state index in [2.05, 4.69) is 11.6 Å². The smallest absolute Gasteiger partial charge is 0.241 e. The van der Waals surface area contributed by atoms with E-state index in [1.807, 2.05) is 32.9 Å². The summed E-state index contributed by atoms with van der Waals surface area (Å²) >= 11 is 0. The molecule has 4 nitrogen and oxygen atoms in total. The van der Waals surface area contributed by atoms with Crippen molar-refractivity contribution in [2.24, 2.45) is 5.73 Å². The molecule has 114 valence electrons. The fourth-order valence-corrected chi connectivity index (χ4v) is 4.28. The Morgan fingerprint density at radius 2 is 1.75 bits per heavy atom. The van der Waals surface area contributed by atoms with Gasteiger partial charge in [0.1, 0.15) is 0 Å². The number of benzene rings is 1. The van der Waals surface area contributed by atoms with Crippen LogP contribution in [0.3, 0.4) is 0 Å². The van der Waals surface area contributed by atoms with Crippen LogP contribution < -0.4 is 10.5 Å². The van der Waals surface area contributed by atoms with Gasteiger partial charge in [-0.05, 0) is 38.3 Å². The van der Waals surface area contributed by atoms with Gasteiger partial charge in [-0.3, -0.25) is 0 Å². The quantitative estimate of drug-likeness (QED) is 0.812. The molecule has 0 aliphatic heterocycles. The molecule has 1 aromatic carbocycles. The Labute approximate surface area is 122 Å². The predicted molar refractivity (Wildman–Crippen MR) is 83.3 cm³/mol. The van der Waals surface area contributed by atoms with Crippen molar-refractivity contribution in [3.05, 3.63) is 28.8 Å². The monoisotopic (exact) mass is 298 g/mol. The van der Waals surface area contributed by atoms with Crippen LogP contribution in [0, 0.1) is 20.8 Å². The standard InChI is InChI=1S/C15H26N2O2S/c1-5-6-7-14(10-16)17-20(18,19)15-12(3)8-11(2)9-13(15)4/h8-9,14,17H,5-7,10,16H2,1-4H3. The molecule has 0 fully saturated rings. The number of nitrogens with one attached hydrogen (secondary N) is 1. The van der Waals surface area contributed by atoms with E-state index in [0.29, 0.717) is 11.4 Å². The molecule has 0 saturated heterocycles. The molecule has 0 heterocycles. The molecule has 0 spiro atoms. The van der Waals surface area contributed by atoms with E-state index in [1.165, 1.54) is 0 Å². The maximum absolute atomic E-state index is 12.6. The van der Waals surface area contributed by atoms with Crippen molar-refractivity contribution in [2.45, 2.75) is 57.9 Å². The second kappa shape index (κ2) is 7.20. The second-order valence-electron chi connectivity index (χ2n) is 5.42. The number of hydrogen-bond acceptors (Lipinski definition) is 3. The highest BCUT2D eigenvalue weighted by Gasteiger charge is 2.22. The van der Waals surface area contributed by atoms with Gasteiger partial charge in [-0.25, -0.2) is 13.1 Å². The van der Waals surface area contributed by atoms with Gasteiger partial charge >= 0.3 is 0 Å². The van der Waals surface area contributed by atoms with Gasteiger partial charge < -0.3 is 5.73 Å². The minimum absolute atomic E-state index is 0.194. The molecule has 1 aromatic rings. The first-order chi connectivity index (χ1) is 9.31. The summed E-state index contributed by atoms with van der Waals surface area (Å²) in [5, 5.41) is 0. The Morgan fingerprint density at radius 3 is 2.20 bits per heavy atom. The minimum Gasteiger partial charge on any atom is -0.329 e. The van der Waals surface area contributed by atoms with Crippen LogP contribution >= 0.6 is 0 Å². The SMILES string of the molecule is CCCCC(CN)NS(=O)(=O)c1c(C)cc(C)cc1C. The molecular formula is C15H26N2O2S. The Hall–Kier alpha value is -0.910. The van der Waals surface area contributed by atoms with E-state index in [4.69, 9.17) is 5.73 Å².